The van der Waals surface area contributed by atoms with Gasteiger partial charge in [-0.25, -0.2) is 10.3 Å². The number of aliphatic carboxylic acids is 2. The molecule has 0 aromatic carbocycles. The lowest BCUT2D eigenvalue weighted by Gasteiger charge is -2.32. The quantitative estimate of drug-likeness (QED) is 0.0699. The number of likely N-dealkylation sites (N-methyl/N-ethyl adjacent to an activating group) is 1. The van der Waals surface area contributed by atoms with Crippen LogP contribution in [-0.2, 0) is 24.0 Å². The zero-order chi connectivity index (χ0) is 34.9. The summed E-state index contributed by atoms with van der Waals surface area (Å²) in [5, 5.41) is 27.0. The molecule has 272 valence electrons. The monoisotopic (exact) mass is 672 g/mol. The van der Waals surface area contributed by atoms with Crippen molar-refractivity contribution >= 4 is 29.8 Å². The van der Waals surface area contributed by atoms with Gasteiger partial charge in [-0.05, 0) is 38.1 Å². The number of carbonyl (C=O) groups is 5. The lowest BCUT2D eigenvalue weighted by molar-refractivity contribution is -0.140. The van der Waals surface area contributed by atoms with Gasteiger partial charge in [0.15, 0.2) is 0 Å². The predicted octanol–water partition coefficient (Wildman–Crippen LogP) is -0.143. The van der Waals surface area contributed by atoms with E-state index in [0.717, 1.165) is 45.2 Å². The Balaban J connectivity index is 2.31. The van der Waals surface area contributed by atoms with Crippen LogP contribution in [0.15, 0.2) is 0 Å². The van der Waals surface area contributed by atoms with Crippen LogP contribution in [0.2, 0.25) is 0 Å². The Bertz CT molecular complexity index is 926. The Morgan fingerprint density at radius 1 is 0.638 bits per heavy atom. The third kappa shape index (κ3) is 23.9. The van der Waals surface area contributed by atoms with Crippen molar-refractivity contribution in [3.8, 4) is 0 Å². The number of amides is 4. The van der Waals surface area contributed by atoms with E-state index in [2.05, 4.69) is 40.2 Å². The topological polar surface area (TPSA) is 196 Å². The normalized spacial score (nSPS) is 16.2. The molecule has 0 spiro atoms. The summed E-state index contributed by atoms with van der Waals surface area (Å²) < 4.78 is 0. The summed E-state index contributed by atoms with van der Waals surface area (Å²) in [6.45, 7) is 12.5. The second-order valence-electron chi connectivity index (χ2n) is 12.3. The summed E-state index contributed by atoms with van der Waals surface area (Å²) in [4.78, 5) is 72.2. The van der Waals surface area contributed by atoms with Gasteiger partial charge in [0.25, 0.3) is 5.91 Å². The third-order valence-electron chi connectivity index (χ3n) is 7.78. The molecule has 0 aromatic heterocycles. The molecular weight excluding hydrogens is 612 g/mol. The number of urea groups is 1. The fourth-order valence-electron chi connectivity index (χ4n) is 5.01. The van der Waals surface area contributed by atoms with Crippen LogP contribution >= 0.6 is 0 Å². The second-order valence-corrected chi connectivity index (χ2v) is 12.3. The Morgan fingerprint density at radius 2 is 1.15 bits per heavy atom. The molecule has 1 heterocycles. The number of carboxylic acids is 2. The molecule has 0 atom stereocenters. The molecule has 0 aliphatic carbocycles. The fourth-order valence-corrected chi connectivity index (χ4v) is 5.01. The number of hydrogen-bond donors (Lipinski definition) is 6. The maximum Gasteiger partial charge on any atom is 0.317 e. The minimum absolute atomic E-state index is 0.0529. The van der Waals surface area contributed by atoms with Crippen LogP contribution < -0.4 is 21.4 Å². The molecule has 1 aliphatic heterocycles. The average molecular weight is 673 g/mol. The number of hydrogen-bond acceptors (Lipinski definition) is 10. The highest BCUT2D eigenvalue weighted by molar-refractivity contribution is 5.77. The second kappa shape index (κ2) is 26.0. The molecule has 0 aromatic rings. The van der Waals surface area contributed by atoms with E-state index in [-0.39, 0.29) is 50.6 Å². The Kier molecular flexibility index (Phi) is 23.2. The van der Waals surface area contributed by atoms with E-state index in [0.29, 0.717) is 71.2 Å². The molecule has 0 unspecified atom stereocenters. The standard InChI is InChI=1S/C31H60N8O8/c1-4-36-14-16-37(18-19-39(25-30(44)45)21-20-38(17-15-36)24-29(42)43)23-28(41)35-47-22-13-34-31(46)33-11-7-5-6-10-27(40)32-12-8-9-26(2)3/h26H,4-25H2,1-3H3,(H,32,40)(H,35,41)(H,42,43)(H,44,45)(H2,33,34,46). The lowest BCUT2D eigenvalue weighted by atomic mass is 10.1. The summed E-state index contributed by atoms with van der Waals surface area (Å²) in [5.41, 5.74) is 2.41. The van der Waals surface area contributed by atoms with Gasteiger partial charge < -0.3 is 31.1 Å². The van der Waals surface area contributed by atoms with Crippen molar-refractivity contribution < 1.29 is 39.0 Å². The van der Waals surface area contributed by atoms with Crippen LogP contribution in [0.25, 0.3) is 0 Å². The molecule has 0 radical (unpaired) electrons. The fraction of sp³-hybridized carbons (Fsp3) is 0.839. The predicted molar refractivity (Wildman–Crippen MR) is 178 cm³/mol. The lowest BCUT2D eigenvalue weighted by Crippen LogP contribution is -2.49. The van der Waals surface area contributed by atoms with E-state index >= 15 is 0 Å². The maximum absolute atomic E-state index is 12.6. The average Bonchev–Trinajstić information content (AvgIpc) is 3.00. The molecule has 1 rings (SSSR count). The molecule has 1 fully saturated rings. The van der Waals surface area contributed by atoms with E-state index in [4.69, 9.17) is 4.84 Å². The van der Waals surface area contributed by atoms with Crippen LogP contribution in [0.4, 0.5) is 4.79 Å². The minimum atomic E-state index is -0.969. The maximum atomic E-state index is 12.6. The summed E-state index contributed by atoms with van der Waals surface area (Å²) in [5.74, 6) is -1.53. The highest BCUT2D eigenvalue weighted by atomic mass is 16.7. The SMILES string of the molecule is CCN1CCN(CC(=O)O)CCN(CC(=O)O)CCN(CC(=O)NOCCNC(=O)NCCCCCC(=O)NCCCC(C)C)CC1. The van der Waals surface area contributed by atoms with E-state index < -0.39 is 11.9 Å². The van der Waals surface area contributed by atoms with Crippen molar-refractivity contribution in [2.75, 3.05) is 105 Å². The zero-order valence-electron chi connectivity index (χ0n) is 28.8. The molecule has 16 nitrogen and oxygen atoms in total. The van der Waals surface area contributed by atoms with Gasteiger partial charge in [-0.2, -0.15) is 0 Å². The van der Waals surface area contributed by atoms with E-state index in [9.17, 15) is 34.2 Å². The van der Waals surface area contributed by atoms with Gasteiger partial charge in [0.2, 0.25) is 5.91 Å². The van der Waals surface area contributed by atoms with Crippen molar-refractivity contribution in [1.29, 1.82) is 0 Å². The molecular formula is C31H60N8O8. The van der Waals surface area contributed by atoms with Gasteiger partial charge in [0.1, 0.15) is 0 Å². The number of carbonyl (C=O) groups excluding carboxylic acids is 3. The van der Waals surface area contributed by atoms with Crippen LogP contribution in [-0.4, -0.2) is 164 Å². The minimum Gasteiger partial charge on any atom is -0.480 e. The third-order valence-corrected chi connectivity index (χ3v) is 7.78. The first-order chi connectivity index (χ1) is 22.5. The molecule has 1 aliphatic rings. The van der Waals surface area contributed by atoms with Crippen molar-refractivity contribution in [1.82, 2.24) is 41.0 Å². The first-order valence-corrected chi connectivity index (χ1v) is 17.0. The van der Waals surface area contributed by atoms with Crippen LogP contribution in [0, 0.1) is 5.92 Å². The Morgan fingerprint density at radius 3 is 1.68 bits per heavy atom. The van der Waals surface area contributed by atoms with Gasteiger partial charge in [-0.15, -0.1) is 0 Å². The number of nitrogens with one attached hydrogen (secondary N) is 4. The van der Waals surface area contributed by atoms with Gasteiger partial charge >= 0.3 is 18.0 Å². The van der Waals surface area contributed by atoms with E-state index in [1.807, 2.05) is 16.7 Å². The van der Waals surface area contributed by atoms with Crippen LogP contribution in [0.3, 0.4) is 0 Å². The van der Waals surface area contributed by atoms with Gasteiger partial charge in [-0.3, -0.25) is 38.7 Å². The summed E-state index contributed by atoms with van der Waals surface area (Å²) >= 11 is 0. The number of rotatable bonds is 21. The highest BCUT2D eigenvalue weighted by Crippen LogP contribution is 2.03. The number of hydroxylamine groups is 1. The van der Waals surface area contributed by atoms with Gasteiger partial charge in [0, 0.05) is 78.4 Å². The number of nitrogens with zero attached hydrogens (tertiary/aromatic N) is 4. The summed E-state index contributed by atoms with van der Waals surface area (Å²) in [6.07, 6.45) is 4.96. The molecule has 47 heavy (non-hydrogen) atoms. The highest BCUT2D eigenvalue weighted by Gasteiger charge is 2.20. The van der Waals surface area contributed by atoms with Crippen molar-refractivity contribution in [3.63, 3.8) is 0 Å². The van der Waals surface area contributed by atoms with Crippen molar-refractivity contribution in [3.05, 3.63) is 0 Å². The Hall–Kier alpha value is -3.05. The van der Waals surface area contributed by atoms with Crippen molar-refractivity contribution in [2.24, 2.45) is 5.92 Å². The molecule has 6 N–H and O–H groups in total. The number of unbranched alkanes of at least 4 members (excludes halogenated alkanes) is 2. The number of carboxylic acid groups (broad SMARTS) is 2. The largest absolute Gasteiger partial charge is 0.480 e. The first kappa shape index (κ1) is 42.0. The van der Waals surface area contributed by atoms with Crippen LogP contribution in [0.5, 0.6) is 0 Å². The smallest absolute Gasteiger partial charge is 0.317 e. The van der Waals surface area contributed by atoms with Gasteiger partial charge in [0.05, 0.1) is 26.2 Å². The molecule has 0 bridgehead atoms. The molecule has 1 saturated heterocycles. The van der Waals surface area contributed by atoms with Crippen molar-refractivity contribution in [2.45, 2.75) is 59.3 Å². The molecule has 4 amide bonds. The molecule has 0 saturated carbocycles. The van der Waals surface area contributed by atoms with E-state index in [1.165, 1.54) is 0 Å². The van der Waals surface area contributed by atoms with E-state index in [1.54, 1.807) is 4.90 Å². The first-order valence-electron chi connectivity index (χ1n) is 17.0. The van der Waals surface area contributed by atoms with Crippen LogP contribution in [0.1, 0.15) is 59.3 Å². The Labute approximate surface area is 279 Å². The molecule has 16 heteroatoms. The summed E-state index contributed by atoms with van der Waals surface area (Å²) in [7, 11) is 0. The zero-order valence-corrected chi connectivity index (χ0v) is 28.8. The van der Waals surface area contributed by atoms with Gasteiger partial charge in [-0.1, -0.05) is 27.2 Å². The summed E-state index contributed by atoms with van der Waals surface area (Å²) in [6, 6.07) is -0.334.